The van der Waals surface area contributed by atoms with Crippen LogP contribution in [0.25, 0.3) is 5.69 Å². The van der Waals surface area contributed by atoms with E-state index >= 15 is 0 Å². The van der Waals surface area contributed by atoms with Crippen LogP contribution in [0.1, 0.15) is 5.56 Å². The minimum absolute atomic E-state index is 0.0403. The van der Waals surface area contributed by atoms with Gasteiger partial charge in [-0.05, 0) is 18.2 Å². The Morgan fingerprint density at radius 3 is 2.25 bits per heavy atom. The lowest BCUT2D eigenvalue weighted by molar-refractivity contribution is -0.137. The number of anilines is 1. The van der Waals surface area contributed by atoms with E-state index in [9.17, 15) is 13.2 Å². The number of alkyl halides is 3. The molecule has 84 valence electrons. The fourth-order valence-electron chi connectivity index (χ4n) is 1.28. The van der Waals surface area contributed by atoms with Gasteiger partial charge in [0.25, 0.3) is 0 Å². The molecule has 1 aromatic carbocycles. The van der Waals surface area contributed by atoms with Gasteiger partial charge < -0.3 is 5.73 Å². The first-order chi connectivity index (χ1) is 7.47. The Bertz CT molecular complexity index is 490. The Labute approximate surface area is 88.5 Å². The van der Waals surface area contributed by atoms with Crippen molar-refractivity contribution < 1.29 is 13.2 Å². The molecule has 0 radical (unpaired) electrons. The molecule has 0 atom stereocenters. The highest BCUT2D eigenvalue weighted by Gasteiger charge is 2.31. The fraction of sp³-hybridized carbons (Fsp3) is 0.111. The maximum Gasteiger partial charge on any atom is 0.416 e. The van der Waals surface area contributed by atoms with Crippen molar-refractivity contribution in [1.29, 1.82) is 0 Å². The van der Waals surface area contributed by atoms with Crippen LogP contribution in [0.5, 0.6) is 0 Å². The molecule has 0 unspecified atom stereocenters. The molecule has 0 amide bonds. The van der Waals surface area contributed by atoms with Crippen LogP contribution in [0.3, 0.4) is 0 Å². The molecule has 16 heavy (non-hydrogen) atoms. The van der Waals surface area contributed by atoms with Crippen LogP contribution in [0.2, 0.25) is 0 Å². The summed E-state index contributed by atoms with van der Waals surface area (Å²) in [7, 11) is 0. The molecular weight excluding hydrogens is 221 g/mol. The van der Waals surface area contributed by atoms with E-state index in [1.807, 2.05) is 0 Å². The summed E-state index contributed by atoms with van der Waals surface area (Å²) in [5.74, 6) is 0. The number of hydrogen-bond acceptors (Lipinski definition) is 3. The first-order valence-corrected chi connectivity index (χ1v) is 4.29. The molecule has 0 fully saturated rings. The predicted octanol–water partition coefficient (Wildman–Crippen LogP) is 1.87. The minimum atomic E-state index is -4.42. The Hall–Kier alpha value is -2.05. The second kappa shape index (κ2) is 3.51. The van der Waals surface area contributed by atoms with E-state index in [-0.39, 0.29) is 11.4 Å². The maximum absolute atomic E-state index is 12.5. The molecule has 2 rings (SSSR count). The maximum atomic E-state index is 12.5. The van der Waals surface area contributed by atoms with Crippen molar-refractivity contribution in [3.8, 4) is 5.69 Å². The summed E-state index contributed by atoms with van der Waals surface area (Å²) in [6.07, 6.45) is -1.82. The smallest absolute Gasteiger partial charge is 0.399 e. The van der Waals surface area contributed by atoms with Crippen LogP contribution in [-0.4, -0.2) is 14.8 Å². The Kier molecular flexibility index (Phi) is 2.30. The summed E-state index contributed by atoms with van der Waals surface area (Å²) in [5.41, 5.74) is 4.93. The highest BCUT2D eigenvalue weighted by atomic mass is 19.4. The molecular formula is C9H7F3N4. The standard InChI is InChI=1S/C9H7F3N4/c10-9(11,12)6-1-7(13)3-8(2-6)16-4-14-15-5-16/h1-5H,13H2. The summed E-state index contributed by atoms with van der Waals surface area (Å²) in [6, 6.07) is 3.28. The van der Waals surface area contributed by atoms with E-state index in [4.69, 9.17) is 5.73 Å². The molecule has 4 nitrogen and oxygen atoms in total. The Morgan fingerprint density at radius 1 is 1.06 bits per heavy atom. The summed E-state index contributed by atoms with van der Waals surface area (Å²) >= 11 is 0. The molecule has 0 aliphatic rings. The average Bonchev–Trinajstić information content (AvgIpc) is 2.68. The van der Waals surface area contributed by atoms with Gasteiger partial charge in [-0.15, -0.1) is 10.2 Å². The Morgan fingerprint density at radius 2 is 1.69 bits per heavy atom. The van der Waals surface area contributed by atoms with Gasteiger partial charge >= 0.3 is 6.18 Å². The van der Waals surface area contributed by atoms with Crippen molar-refractivity contribution in [2.24, 2.45) is 0 Å². The highest BCUT2D eigenvalue weighted by Crippen LogP contribution is 2.32. The van der Waals surface area contributed by atoms with E-state index in [2.05, 4.69) is 10.2 Å². The van der Waals surface area contributed by atoms with E-state index < -0.39 is 11.7 Å². The van der Waals surface area contributed by atoms with E-state index in [1.54, 1.807) is 0 Å². The van der Waals surface area contributed by atoms with E-state index in [0.717, 1.165) is 12.1 Å². The van der Waals surface area contributed by atoms with Crippen molar-refractivity contribution in [2.75, 3.05) is 5.73 Å². The number of rotatable bonds is 1. The lowest BCUT2D eigenvalue weighted by atomic mass is 10.1. The highest BCUT2D eigenvalue weighted by molar-refractivity contribution is 5.51. The summed E-state index contributed by atoms with van der Waals surface area (Å²) in [6.45, 7) is 0. The molecule has 1 aromatic heterocycles. The van der Waals surface area contributed by atoms with Crippen LogP contribution >= 0.6 is 0 Å². The number of nitrogens with two attached hydrogens (primary N) is 1. The van der Waals surface area contributed by atoms with Gasteiger partial charge in [0, 0.05) is 5.69 Å². The molecule has 2 aromatic rings. The Balaban J connectivity index is 2.53. The largest absolute Gasteiger partial charge is 0.416 e. The van der Waals surface area contributed by atoms with E-state index in [0.29, 0.717) is 0 Å². The third kappa shape index (κ3) is 1.97. The van der Waals surface area contributed by atoms with Crippen molar-refractivity contribution in [1.82, 2.24) is 14.8 Å². The van der Waals surface area contributed by atoms with Gasteiger partial charge in [0.15, 0.2) is 0 Å². The zero-order chi connectivity index (χ0) is 11.8. The molecule has 0 aliphatic heterocycles. The van der Waals surface area contributed by atoms with E-state index in [1.165, 1.54) is 23.3 Å². The molecule has 7 heteroatoms. The first-order valence-electron chi connectivity index (χ1n) is 4.29. The number of nitrogens with zero attached hydrogens (tertiary/aromatic N) is 3. The van der Waals surface area contributed by atoms with Gasteiger partial charge in [-0.25, -0.2) is 0 Å². The van der Waals surface area contributed by atoms with Crippen LogP contribution in [-0.2, 0) is 6.18 Å². The lowest BCUT2D eigenvalue weighted by Gasteiger charge is -2.10. The summed E-state index contributed by atoms with van der Waals surface area (Å²) in [4.78, 5) is 0. The summed E-state index contributed by atoms with van der Waals surface area (Å²) < 4.78 is 38.8. The second-order valence-corrected chi connectivity index (χ2v) is 3.18. The van der Waals surface area contributed by atoms with Crippen molar-refractivity contribution >= 4 is 5.69 Å². The van der Waals surface area contributed by atoms with Crippen LogP contribution in [0.4, 0.5) is 18.9 Å². The number of aromatic nitrogens is 3. The number of halogens is 3. The predicted molar refractivity (Wildman–Crippen MR) is 50.8 cm³/mol. The molecule has 0 spiro atoms. The van der Waals surface area contributed by atoms with Gasteiger partial charge in [0.2, 0.25) is 0 Å². The van der Waals surface area contributed by atoms with Crippen LogP contribution < -0.4 is 5.73 Å². The van der Waals surface area contributed by atoms with Crippen LogP contribution in [0, 0.1) is 0 Å². The number of nitrogen functional groups attached to an aromatic ring is 1. The molecule has 0 saturated carbocycles. The second-order valence-electron chi connectivity index (χ2n) is 3.18. The van der Waals surface area contributed by atoms with Gasteiger partial charge in [0.05, 0.1) is 11.3 Å². The quantitative estimate of drug-likeness (QED) is 0.758. The fourth-order valence-corrected chi connectivity index (χ4v) is 1.28. The molecule has 0 saturated heterocycles. The van der Waals surface area contributed by atoms with Crippen molar-refractivity contribution in [2.45, 2.75) is 6.18 Å². The molecule has 1 heterocycles. The SMILES string of the molecule is Nc1cc(-n2cnnc2)cc(C(F)(F)F)c1. The van der Waals surface area contributed by atoms with Gasteiger partial charge in [0.1, 0.15) is 12.7 Å². The van der Waals surface area contributed by atoms with Gasteiger partial charge in [-0.1, -0.05) is 0 Å². The minimum Gasteiger partial charge on any atom is -0.399 e. The third-order valence-corrected chi connectivity index (χ3v) is 1.98. The molecule has 2 N–H and O–H groups in total. The van der Waals surface area contributed by atoms with Crippen LogP contribution in [0.15, 0.2) is 30.9 Å². The summed E-state index contributed by atoms with van der Waals surface area (Å²) in [5, 5.41) is 7.02. The van der Waals surface area contributed by atoms with Crippen molar-refractivity contribution in [3.63, 3.8) is 0 Å². The monoisotopic (exact) mass is 228 g/mol. The molecule has 0 bridgehead atoms. The third-order valence-electron chi connectivity index (χ3n) is 1.98. The van der Waals surface area contributed by atoms with Gasteiger partial charge in [-0.2, -0.15) is 13.2 Å². The lowest BCUT2D eigenvalue weighted by Crippen LogP contribution is -2.07. The van der Waals surface area contributed by atoms with Crippen molar-refractivity contribution in [3.05, 3.63) is 36.4 Å². The molecule has 0 aliphatic carbocycles. The topological polar surface area (TPSA) is 56.7 Å². The zero-order valence-corrected chi connectivity index (χ0v) is 7.94. The normalized spacial score (nSPS) is 11.7. The number of benzene rings is 1. The average molecular weight is 228 g/mol. The first kappa shape index (κ1) is 10.5. The zero-order valence-electron chi connectivity index (χ0n) is 7.94. The number of hydrogen-bond donors (Lipinski definition) is 1. The van der Waals surface area contributed by atoms with Gasteiger partial charge in [-0.3, -0.25) is 4.57 Å².